The third-order valence-electron chi connectivity index (χ3n) is 3.34. The van der Waals surface area contributed by atoms with Crippen molar-refractivity contribution in [1.29, 1.82) is 0 Å². The summed E-state index contributed by atoms with van der Waals surface area (Å²) in [5.74, 6) is 0.101. The standard InChI is InChI=1S/C15H24FN3O2/c1-4-21-13-7-6-11(10-12(13)16)18-9-5-8-15(2,3)14(17)19-20/h6-7,10,18,20H,4-5,8-9H2,1-3H3,(H2,17,19). The minimum absolute atomic E-state index is 0.217. The Balaban J connectivity index is 2.45. The highest BCUT2D eigenvalue weighted by molar-refractivity contribution is 5.85. The molecule has 0 unspecified atom stereocenters. The number of hydrogen-bond acceptors (Lipinski definition) is 4. The van der Waals surface area contributed by atoms with Gasteiger partial charge in [0.1, 0.15) is 5.84 Å². The monoisotopic (exact) mass is 297 g/mol. The van der Waals surface area contributed by atoms with Gasteiger partial charge in [0.25, 0.3) is 0 Å². The second kappa shape index (κ2) is 7.71. The van der Waals surface area contributed by atoms with Crippen LogP contribution in [0.1, 0.15) is 33.6 Å². The first-order chi connectivity index (χ1) is 9.90. The quantitative estimate of drug-likeness (QED) is 0.226. The van der Waals surface area contributed by atoms with E-state index in [1.807, 2.05) is 20.8 Å². The molecule has 0 amide bonds. The maximum atomic E-state index is 13.7. The van der Waals surface area contributed by atoms with Crippen LogP contribution in [0.4, 0.5) is 10.1 Å². The number of halogens is 1. The maximum Gasteiger partial charge on any atom is 0.167 e. The number of nitrogens with one attached hydrogen (secondary N) is 1. The van der Waals surface area contributed by atoms with Crippen molar-refractivity contribution in [3.8, 4) is 5.75 Å². The van der Waals surface area contributed by atoms with Gasteiger partial charge in [-0.05, 0) is 31.9 Å². The average molecular weight is 297 g/mol. The Kier molecular flexibility index (Phi) is 6.27. The molecule has 0 heterocycles. The minimum Gasteiger partial charge on any atom is -0.491 e. The van der Waals surface area contributed by atoms with Crippen molar-refractivity contribution in [3.63, 3.8) is 0 Å². The molecule has 1 aromatic carbocycles. The fourth-order valence-corrected chi connectivity index (χ4v) is 1.91. The molecule has 1 aromatic rings. The second-order valence-corrected chi connectivity index (χ2v) is 5.48. The highest BCUT2D eigenvalue weighted by Crippen LogP contribution is 2.23. The van der Waals surface area contributed by atoms with E-state index in [1.165, 1.54) is 6.07 Å². The summed E-state index contributed by atoms with van der Waals surface area (Å²) < 4.78 is 18.8. The van der Waals surface area contributed by atoms with Gasteiger partial charge in [-0.1, -0.05) is 19.0 Å². The number of benzene rings is 1. The molecule has 0 saturated heterocycles. The molecule has 5 nitrogen and oxygen atoms in total. The first kappa shape index (κ1) is 17.1. The first-order valence-electron chi connectivity index (χ1n) is 7.05. The van der Waals surface area contributed by atoms with Crippen molar-refractivity contribution < 1.29 is 14.3 Å². The largest absolute Gasteiger partial charge is 0.491 e. The fourth-order valence-electron chi connectivity index (χ4n) is 1.91. The van der Waals surface area contributed by atoms with Gasteiger partial charge in [-0.2, -0.15) is 0 Å². The lowest BCUT2D eigenvalue weighted by Crippen LogP contribution is -2.32. The summed E-state index contributed by atoms with van der Waals surface area (Å²) >= 11 is 0. The van der Waals surface area contributed by atoms with Crippen molar-refractivity contribution in [2.75, 3.05) is 18.5 Å². The van der Waals surface area contributed by atoms with Gasteiger partial charge < -0.3 is 21.0 Å². The lowest BCUT2D eigenvalue weighted by molar-refractivity contribution is 0.305. The molecule has 21 heavy (non-hydrogen) atoms. The molecular weight excluding hydrogens is 273 g/mol. The molecule has 0 saturated carbocycles. The zero-order valence-electron chi connectivity index (χ0n) is 12.8. The van der Waals surface area contributed by atoms with E-state index in [0.717, 1.165) is 12.8 Å². The van der Waals surface area contributed by atoms with Crippen LogP contribution in [0.25, 0.3) is 0 Å². The normalized spacial score (nSPS) is 12.3. The molecule has 1 rings (SSSR count). The number of anilines is 1. The van der Waals surface area contributed by atoms with Crippen LogP contribution in [0.3, 0.4) is 0 Å². The van der Waals surface area contributed by atoms with Crippen LogP contribution in [-0.2, 0) is 0 Å². The van der Waals surface area contributed by atoms with Crippen molar-refractivity contribution >= 4 is 11.5 Å². The van der Waals surface area contributed by atoms with Gasteiger partial charge in [0, 0.05) is 23.7 Å². The van der Waals surface area contributed by atoms with Crippen molar-refractivity contribution in [1.82, 2.24) is 0 Å². The molecule has 0 bridgehead atoms. The average Bonchev–Trinajstić information content (AvgIpc) is 2.45. The molecule has 6 heteroatoms. The van der Waals surface area contributed by atoms with Gasteiger partial charge in [-0.3, -0.25) is 0 Å². The summed E-state index contributed by atoms with van der Waals surface area (Å²) in [7, 11) is 0. The zero-order chi connectivity index (χ0) is 15.9. The Labute approximate surface area is 125 Å². The van der Waals surface area contributed by atoms with Crippen LogP contribution in [0.5, 0.6) is 5.75 Å². The zero-order valence-corrected chi connectivity index (χ0v) is 12.8. The van der Waals surface area contributed by atoms with Crippen LogP contribution in [-0.4, -0.2) is 24.2 Å². The van der Waals surface area contributed by atoms with Crippen LogP contribution < -0.4 is 15.8 Å². The fraction of sp³-hybridized carbons (Fsp3) is 0.533. The van der Waals surface area contributed by atoms with Crippen molar-refractivity contribution in [2.45, 2.75) is 33.6 Å². The highest BCUT2D eigenvalue weighted by Gasteiger charge is 2.22. The third kappa shape index (κ3) is 5.13. The molecule has 0 aliphatic heterocycles. The lowest BCUT2D eigenvalue weighted by Gasteiger charge is -2.22. The van der Waals surface area contributed by atoms with E-state index in [9.17, 15) is 4.39 Å². The maximum absolute atomic E-state index is 13.7. The van der Waals surface area contributed by atoms with Gasteiger partial charge in [-0.15, -0.1) is 0 Å². The molecular formula is C15H24FN3O2. The van der Waals surface area contributed by atoms with Crippen LogP contribution in [0.2, 0.25) is 0 Å². The summed E-state index contributed by atoms with van der Waals surface area (Å²) in [4.78, 5) is 0. The number of nitrogens with zero attached hydrogens (tertiary/aromatic N) is 1. The van der Waals surface area contributed by atoms with E-state index in [4.69, 9.17) is 15.7 Å². The summed E-state index contributed by atoms with van der Waals surface area (Å²) in [6, 6.07) is 4.81. The number of ether oxygens (including phenoxy) is 1. The van der Waals surface area contributed by atoms with Crippen molar-refractivity contribution in [2.24, 2.45) is 16.3 Å². The van der Waals surface area contributed by atoms with E-state index in [2.05, 4.69) is 10.5 Å². The topological polar surface area (TPSA) is 79.9 Å². The SMILES string of the molecule is CCOc1ccc(NCCCC(C)(C)/C(N)=N/O)cc1F. The summed E-state index contributed by atoms with van der Waals surface area (Å²) in [6.45, 7) is 6.76. The molecule has 0 radical (unpaired) electrons. The Morgan fingerprint density at radius 1 is 1.48 bits per heavy atom. The first-order valence-corrected chi connectivity index (χ1v) is 7.05. The number of rotatable bonds is 8. The van der Waals surface area contributed by atoms with E-state index < -0.39 is 0 Å². The molecule has 0 spiro atoms. The second-order valence-electron chi connectivity index (χ2n) is 5.48. The Hall–Kier alpha value is -1.98. The number of hydrogen-bond donors (Lipinski definition) is 3. The number of amidine groups is 1. The van der Waals surface area contributed by atoms with Gasteiger partial charge >= 0.3 is 0 Å². The smallest absolute Gasteiger partial charge is 0.167 e. The van der Waals surface area contributed by atoms with E-state index in [-0.39, 0.29) is 22.8 Å². The molecule has 0 aromatic heterocycles. The number of oxime groups is 1. The minimum atomic E-state index is -0.376. The predicted octanol–water partition coefficient (Wildman–Crippen LogP) is 3.19. The Morgan fingerprint density at radius 3 is 2.76 bits per heavy atom. The van der Waals surface area contributed by atoms with Crippen LogP contribution in [0.15, 0.2) is 23.4 Å². The van der Waals surface area contributed by atoms with Crippen LogP contribution in [0, 0.1) is 11.2 Å². The molecule has 118 valence electrons. The van der Waals surface area contributed by atoms with E-state index >= 15 is 0 Å². The molecule has 0 aliphatic carbocycles. The molecule has 0 fully saturated rings. The van der Waals surface area contributed by atoms with Crippen molar-refractivity contribution in [3.05, 3.63) is 24.0 Å². The molecule has 0 aliphatic rings. The predicted molar refractivity (Wildman–Crippen MR) is 82.5 cm³/mol. The summed E-state index contributed by atoms with van der Waals surface area (Å²) in [5, 5.41) is 14.9. The molecule has 4 N–H and O–H groups in total. The third-order valence-corrected chi connectivity index (χ3v) is 3.34. The molecule has 0 atom stereocenters. The summed E-state index contributed by atoms with van der Waals surface area (Å²) in [5.41, 5.74) is 5.97. The van der Waals surface area contributed by atoms with E-state index in [0.29, 0.717) is 18.8 Å². The van der Waals surface area contributed by atoms with E-state index in [1.54, 1.807) is 12.1 Å². The lowest BCUT2D eigenvalue weighted by atomic mass is 9.86. The highest BCUT2D eigenvalue weighted by atomic mass is 19.1. The number of nitrogens with two attached hydrogens (primary N) is 1. The summed E-state index contributed by atoms with van der Waals surface area (Å²) in [6.07, 6.45) is 1.58. The van der Waals surface area contributed by atoms with Gasteiger partial charge in [0.05, 0.1) is 6.61 Å². The van der Waals surface area contributed by atoms with Gasteiger partial charge in [-0.25, -0.2) is 4.39 Å². The Bertz CT molecular complexity index is 490. The van der Waals surface area contributed by atoms with Gasteiger partial charge in [0.15, 0.2) is 11.6 Å². The Morgan fingerprint density at radius 2 is 2.19 bits per heavy atom. The van der Waals surface area contributed by atoms with Crippen LogP contribution >= 0.6 is 0 Å². The van der Waals surface area contributed by atoms with Gasteiger partial charge in [0.2, 0.25) is 0 Å².